The SMILES string of the molecule is CCc1nnc(Nc2cc(C)nc([C@H]3CCNC3)n2)s1. The summed E-state index contributed by atoms with van der Waals surface area (Å²) in [4.78, 5) is 9.18. The summed E-state index contributed by atoms with van der Waals surface area (Å²) in [6.45, 7) is 6.07. The van der Waals surface area contributed by atoms with Gasteiger partial charge in [0.2, 0.25) is 5.13 Å². The van der Waals surface area contributed by atoms with E-state index < -0.39 is 0 Å². The maximum absolute atomic E-state index is 4.62. The second-order valence-corrected chi connectivity index (χ2v) is 5.98. The molecular formula is C13H18N6S. The van der Waals surface area contributed by atoms with Crippen LogP contribution in [-0.2, 0) is 6.42 Å². The molecule has 1 atom stereocenters. The summed E-state index contributed by atoms with van der Waals surface area (Å²) in [6.07, 6.45) is 2.00. The monoisotopic (exact) mass is 290 g/mol. The lowest BCUT2D eigenvalue weighted by molar-refractivity contribution is 0.698. The van der Waals surface area contributed by atoms with E-state index in [-0.39, 0.29) is 0 Å². The van der Waals surface area contributed by atoms with Gasteiger partial charge in [-0.05, 0) is 26.3 Å². The molecule has 0 aliphatic carbocycles. The first kappa shape index (κ1) is 13.4. The highest BCUT2D eigenvalue weighted by Gasteiger charge is 2.20. The van der Waals surface area contributed by atoms with Crippen LogP contribution in [0.2, 0.25) is 0 Å². The molecule has 3 rings (SSSR count). The Morgan fingerprint density at radius 3 is 3.00 bits per heavy atom. The maximum atomic E-state index is 4.62. The molecule has 7 heteroatoms. The van der Waals surface area contributed by atoms with E-state index in [1.807, 2.05) is 13.0 Å². The Labute approximate surface area is 122 Å². The molecule has 106 valence electrons. The summed E-state index contributed by atoms with van der Waals surface area (Å²) in [5.41, 5.74) is 0.977. The number of hydrogen-bond donors (Lipinski definition) is 2. The maximum Gasteiger partial charge on any atom is 0.211 e. The fourth-order valence-corrected chi connectivity index (χ4v) is 2.96. The standard InChI is InChI=1S/C13H18N6S/c1-3-11-18-19-13(20-11)17-10-6-8(2)15-12(16-10)9-4-5-14-7-9/h6,9,14H,3-5,7H2,1-2H3,(H,15,16,17,19)/t9-/m0/s1. The summed E-state index contributed by atoms with van der Waals surface area (Å²) in [5, 5.41) is 16.6. The van der Waals surface area contributed by atoms with Gasteiger partial charge in [0.1, 0.15) is 16.6 Å². The molecule has 2 aromatic heterocycles. The van der Waals surface area contributed by atoms with Gasteiger partial charge in [-0.2, -0.15) is 0 Å². The van der Waals surface area contributed by atoms with Crippen LogP contribution in [0.25, 0.3) is 0 Å². The molecule has 0 saturated carbocycles. The summed E-state index contributed by atoms with van der Waals surface area (Å²) in [5.74, 6) is 2.13. The zero-order valence-electron chi connectivity index (χ0n) is 11.7. The van der Waals surface area contributed by atoms with E-state index in [2.05, 4.69) is 37.7 Å². The molecule has 2 N–H and O–H groups in total. The third-order valence-corrected chi connectivity index (χ3v) is 4.28. The van der Waals surface area contributed by atoms with Crippen LogP contribution >= 0.6 is 11.3 Å². The van der Waals surface area contributed by atoms with Crippen LogP contribution < -0.4 is 10.6 Å². The van der Waals surface area contributed by atoms with Gasteiger partial charge in [-0.1, -0.05) is 18.3 Å². The van der Waals surface area contributed by atoms with Gasteiger partial charge in [0, 0.05) is 24.2 Å². The number of rotatable bonds is 4. The van der Waals surface area contributed by atoms with Gasteiger partial charge in [0.25, 0.3) is 0 Å². The minimum Gasteiger partial charge on any atom is -0.316 e. The molecule has 0 amide bonds. The third kappa shape index (κ3) is 2.94. The van der Waals surface area contributed by atoms with Crippen LogP contribution in [0.4, 0.5) is 10.9 Å². The van der Waals surface area contributed by atoms with Crippen molar-refractivity contribution in [3.05, 3.63) is 22.6 Å². The van der Waals surface area contributed by atoms with E-state index in [1.165, 1.54) is 0 Å². The van der Waals surface area contributed by atoms with E-state index >= 15 is 0 Å². The predicted octanol–water partition coefficient (Wildman–Crippen LogP) is 2.02. The van der Waals surface area contributed by atoms with Crippen molar-refractivity contribution in [2.24, 2.45) is 0 Å². The van der Waals surface area contributed by atoms with E-state index in [1.54, 1.807) is 11.3 Å². The highest BCUT2D eigenvalue weighted by molar-refractivity contribution is 7.15. The lowest BCUT2D eigenvalue weighted by Crippen LogP contribution is -2.11. The zero-order chi connectivity index (χ0) is 13.9. The molecule has 6 nitrogen and oxygen atoms in total. The van der Waals surface area contributed by atoms with E-state index in [0.717, 1.165) is 53.4 Å². The van der Waals surface area contributed by atoms with E-state index in [4.69, 9.17) is 0 Å². The summed E-state index contributed by atoms with van der Waals surface area (Å²) in [7, 11) is 0. The van der Waals surface area contributed by atoms with Gasteiger partial charge in [-0.25, -0.2) is 9.97 Å². The minimum atomic E-state index is 0.413. The number of hydrogen-bond acceptors (Lipinski definition) is 7. The molecular weight excluding hydrogens is 272 g/mol. The van der Waals surface area contributed by atoms with Crippen molar-refractivity contribution in [1.29, 1.82) is 0 Å². The van der Waals surface area contributed by atoms with Crippen molar-refractivity contribution < 1.29 is 0 Å². The average molecular weight is 290 g/mol. The Bertz CT molecular complexity index is 590. The number of aryl methyl sites for hydroxylation is 2. The van der Waals surface area contributed by atoms with Gasteiger partial charge in [-0.15, -0.1) is 10.2 Å². The first-order chi connectivity index (χ1) is 9.74. The van der Waals surface area contributed by atoms with Gasteiger partial charge in [0.05, 0.1) is 0 Å². The largest absolute Gasteiger partial charge is 0.316 e. The van der Waals surface area contributed by atoms with Gasteiger partial charge in [0.15, 0.2) is 0 Å². The van der Waals surface area contributed by atoms with E-state index in [0.29, 0.717) is 5.92 Å². The lowest BCUT2D eigenvalue weighted by Gasteiger charge is -2.10. The third-order valence-electron chi connectivity index (χ3n) is 3.30. The number of anilines is 2. The van der Waals surface area contributed by atoms with Gasteiger partial charge in [-0.3, -0.25) is 0 Å². The van der Waals surface area contributed by atoms with Crippen molar-refractivity contribution in [3.63, 3.8) is 0 Å². The molecule has 0 unspecified atom stereocenters. The summed E-state index contributed by atoms with van der Waals surface area (Å²) < 4.78 is 0. The van der Waals surface area contributed by atoms with Crippen molar-refractivity contribution in [3.8, 4) is 0 Å². The van der Waals surface area contributed by atoms with Crippen LogP contribution in [0.5, 0.6) is 0 Å². The van der Waals surface area contributed by atoms with Crippen LogP contribution in [0.15, 0.2) is 6.07 Å². The summed E-state index contributed by atoms with van der Waals surface area (Å²) in [6, 6.07) is 1.94. The Balaban J connectivity index is 1.81. The van der Waals surface area contributed by atoms with E-state index in [9.17, 15) is 0 Å². The molecule has 0 spiro atoms. The smallest absolute Gasteiger partial charge is 0.211 e. The molecule has 3 heterocycles. The molecule has 1 saturated heterocycles. The first-order valence-electron chi connectivity index (χ1n) is 6.90. The molecule has 1 aliphatic heterocycles. The normalized spacial score (nSPS) is 18.4. The Hall–Kier alpha value is -1.60. The van der Waals surface area contributed by atoms with Gasteiger partial charge >= 0.3 is 0 Å². The fraction of sp³-hybridized carbons (Fsp3) is 0.538. The number of nitrogens with zero attached hydrogens (tertiary/aromatic N) is 4. The van der Waals surface area contributed by atoms with Crippen LogP contribution in [0.3, 0.4) is 0 Å². The average Bonchev–Trinajstić information content (AvgIpc) is 3.09. The molecule has 2 aromatic rings. The first-order valence-corrected chi connectivity index (χ1v) is 7.72. The highest BCUT2D eigenvalue weighted by atomic mass is 32.1. The Kier molecular flexibility index (Phi) is 3.88. The Morgan fingerprint density at radius 2 is 2.30 bits per heavy atom. The van der Waals surface area contributed by atoms with Crippen molar-refractivity contribution in [2.75, 3.05) is 18.4 Å². The molecule has 1 aliphatic rings. The van der Waals surface area contributed by atoms with Crippen LogP contribution in [-0.4, -0.2) is 33.3 Å². The zero-order valence-corrected chi connectivity index (χ0v) is 12.5. The molecule has 1 fully saturated rings. The Morgan fingerprint density at radius 1 is 1.40 bits per heavy atom. The summed E-state index contributed by atoms with van der Waals surface area (Å²) >= 11 is 1.57. The molecule has 0 aromatic carbocycles. The molecule has 0 bridgehead atoms. The van der Waals surface area contributed by atoms with Crippen molar-refractivity contribution in [1.82, 2.24) is 25.5 Å². The van der Waals surface area contributed by atoms with Gasteiger partial charge < -0.3 is 10.6 Å². The molecule has 20 heavy (non-hydrogen) atoms. The quantitative estimate of drug-likeness (QED) is 0.897. The predicted molar refractivity (Wildman–Crippen MR) is 79.6 cm³/mol. The molecule has 0 radical (unpaired) electrons. The van der Waals surface area contributed by atoms with Crippen molar-refractivity contribution >= 4 is 22.3 Å². The fourth-order valence-electron chi connectivity index (χ4n) is 2.27. The second kappa shape index (κ2) is 5.80. The van der Waals surface area contributed by atoms with Crippen molar-refractivity contribution in [2.45, 2.75) is 32.6 Å². The lowest BCUT2D eigenvalue weighted by atomic mass is 10.1. The van der Waals surface area contributed by atoms with Crippen LogP contribution in [0, 0.1) is 6.92 Å². The minimum absolute atomic E-state index is 0.413. The number of aromatic nitrogens is 4. The highest BCUT2D eigenvalue weighted by Crippen LogP contribution is 2.23. The number of nitrogens with one attached hydrogen (secondary N) is 2. The second-order valence-electron chi connectivity index (χ2n) is 4.92. The topological polar surface area (TPSA) is 75.6 Å². The van der Waals surface area contributed by atoms with Crippen LogP contribution in [0.1, 0.15) is 35.8 Å².